The molecule has 6 nitrogen and oxygen atoms in total. The van der Waals surface area contributed by atoms with Gasteiger partial charge in [-0.25, -0.2) is 10.2 Å². The van der Waals surface area contributed by atoms with E-state index in [1.165, 1.54) is 17.6 Å². The van der Waals surface area contributed by atoms with Gasteiger partial charge in [-0.05, 0) is 82.8 Å². The molecule has 1 amide bonds. The van der Waals surface area contributed by atoms with Crippen molar-refractivity contribution in [1.82, 2.24) is 5.43 Å². The third-order valence-electron chi connectivity index (χ3n) is 4.61. The first-order chi connectivity index (χ1) is 16.0. The van der Waals surface area contributed by atoms with Gasteiger partial charge in [0.15, 0.2) is 0 Å². The van der Waals surface area contributed by atoms with Crippen LogP contribution in [0.2, 0.25) is 5.02 Å². The van der Waals surface area contributed by atoms with Crippen LogP contribution in [0.3, 0.4) is 0 Å². The van der Waals surface area contributed by atoms with E-state index >= 15 is 0 Å². The fourth-order valence-corrected chi connectivity index (χ4v) is 5.00. The molecule has 1 N–H and O–H groups in total. The topological polar surface area (TPSA) is 77.0 Å². The minimum Gasteiger partial charge on any atom is -0.497 e. The Kier molecular flexibility index (Phi) is 7.26. The predicted octanol–water partition coefficient (Wildman–Crippen LogP) is 6.15. The summed E-state index contributed by atoms with van der Waals surface area (Å²) in [6.07, 6.45) is 1.51. The maximum absolute atomic E-state index is 12.7. The second-order valence-corrected chi connectivity index (χ2v) is 9.34. The number of hydrazone groups is 1. The third-order valence-corrected chi connectivity index (χ3v) is 7.19. The van der Waals surface area contributed by atoms with Crippen molar-refractivity contribution in [2.75, 3.05) is 7.11 Å². The minimum absolute atomic E-state index is 0.292. The Morgan fingerprint density at radius 2 is 1.79 bits per heavy atom. The zero-order valence-corrected chi connectivity index (χ0v) is 20.9. The smallest absolute Gasteiger partial charge is 0.355 e. The van der Waals surface area contributed by atoms with Crippen LogP contribution < -0.4 is 14.9 Å². The maximum atomic E-state index is 12.7. The summed E-state index contributed by atoms with van der Waals surface area (Å²) in [5.74, 6) is 0.226. The fraction of sp³-hybridized carbons (Fsp3) is 0.0417. The fourth-order valence-electron chi connectivity index (χ4n) is 2.95. The van der Waals surface area contributed by atoms with Crippen molar-refractivity contribution in [3.63, 3.8) is 0 Å². The number of ether oxygens (including phenoxy) is 2. The van der Waals surface area contributed by atoms with E-state index in [0.29, 0.717) is 27.0 Å². The SMILES string of the molecule is COc1ccc2c(Cl)c(C(=O)Oc3ccc(/C=N/NC(=O)c4ccccc4I)cc3)sc2c1. The number of halogens is 2. The van der Waals surface area contributed by atoms with Crippen LogP contribution in [-0.4, -0.2) is 25.2 Å². The van der Waals surface area contributed by atoms with Gasteiger partial charge in [0.1, 0.15) is 16.4 Å². The second-order valence-electron chi connectivity index (χ2n) is 6.74. The molecule has 0 bridgehead atoms. The molecule has 1 heterocycles. The average molecular weight is 591 g/mol. The molecule has 0 aliphatic rings. The molecule has 0 atom stereocenters. The lowest BCUT2D eigenvalue weighted by Gasteiger charge is -2.04. The highest BCUT2D eigenvalue weighted by Gasteiger charge is 2.19. The van der Waals surface area contributed by atoms with E-state index in [0.717, 1.165) is 19.2 Å². The molecule has 0 spiro atoms. The Balaban J connectivity index is 1.40. The Hall–Kier alpha value is -2.95. The summed E-state index contributed by atoms with van der Waals surface area (Å²) in [5.41, 5.74) is 3.78. The summed E-state index contributed by atoms with van der Waals surface area (Å²) >= 11 is 9.74. The number of carbonyl (C=O) groups excluding carboxylic acids is 2. The zero-order chi connectivity index (χ0) is 23.4. The Labute approximate surface area is 212 Å². The standard InChI is InChI=1S/C24H16ClIN2O4S/c1-31-16-10-11-18-20(12-16)33-22(21(18)25)24(30)32-15-8-6-14(7-9-15)13-27-28-23(29)17-4-2-3-5-19(17)26/h2-13H,1H3,(H,28,29)/b27-13+. The van der Waals surface area contributed by atoms with Crippen molar-refractivity contribution >= 4 is 73.7 Å². The number of methoxy groups -OCH3 is 1. The van der Waals surface area contributed by atoms with Gasteiger partial charge < -0.3 is 9.47 Å². The average Bonchev–Trinajstić information content (AvgIpc) is 3.16. The molecule has 0 fully saturated rings. The molecule has 0 aliphatic carbocycles. The summed E-state index contributed by atoms with van der Waals surface area (Å²) in [5, 5.41) is 5.11. The second kappa shape index (κ2) is 10.3. The minimum atomic E-state index is -0.536. The Bertz CT molecular complexity index is 1370. The highest BCUT2D eigenvalue weighted by molar-refractivity contribution is 14.1. The summed E-state index contributed by atoms with van der Waals surface area (Å²) in [4.78, 5) is 25.2. The van der Waals surface area contributed by atoms with E-state index in [9.17, 15) is 9.59 Å². The molecule has 9 heteroatoms. The molecule has 0 saturated heterocycles. The number of nitrogens with zero attached hydrogens (tertiary/aromatic N) is 1. The van der Waals surface area contributed by atoms with Crippen LogP contribution in [-0.2, 0) is 0 Å². The molecule has 1 aromatic heterocycles. The van der Waals surface area contributed by atoms with E-state index < -0.39 is 5.97 Å². The van der Waals surface area contributed by atoms with E-state index in [-0.39, 0.29) is 5.91 Å². The van der Waals surface area contributed by atoms with E-state index in [1.54, 1.807) is 49.6 Å². The lowest BCUT2D eigenvalue weighted by molar-refractivity contribution is 0.0739. The maximum Gasteiger partial charge on any atom is 0.355 e. The molecule has 4 rings (SSSR count). The van der Waals surface area contributed by atoms with Gasteiger partial charge in [0.2, 0.25) is 0 Å². The van der Waals surface area contributed by atoms with Crippen LogP contribution in [0.5, 0.6) is 11.5 Å². The van der Waals surface area contributed by atoms with Gasteiger partial charge in [-0.3, -0.25) is 4.79 Å². The molecule has 4 aromatic rings. The van der Waals surface area contributed by atoms with Gasteiger partial charge in [-0.1, -0.05) is 23.7 Å². The number of esters is 1. The van der Waals surface area contributed by atoms with Gasteiger partial charge in [-0.2, -0.15) is 5.10 Å². The Morgan fingerprint density at radius 1 is 1.06 bits per heavy atom. The number of nitrogens with one attached hydrogen (secondary N) is 1. The lowest BCUT2D eigenvalue weighted by atomic mass is 10.2. The van der Waals surface area contributed by atoms with Gasteiger partial charge in [0.05, 0.1) is 23.9 Å². The first kappa shape index (κ1) is 23.2. The number of benzene rings is 3. The normalized spacial score (nSPS) is 11.0. The van der Waals surface area contributed by atoms with Crippen molar-refractivity contribution in [3.8, 4) is 11.5 Å². The molecule has 0 saturated carbocycles. The first-order valence-corrected chi connectivity index (χ1v) is 11.9. The quantitative estimate of drug-likeness (QED) is 0.0961. The summed E-state index contributed by atoms with van der Waals surface area (Å²) in [6, 6.07) is 19.4. The van der Waals surface area contributed by atoms with Gasteiger partial charge in [0.25, 0.3) is 5.91 Å². The molecule has 0 aliphatic heterocycles. The number of thiophene rings is 1. The van der Waals surface area contributed by atoms with Crippen LogP contribution in [0.25, 0.3) is 10.1 Å². The van der Waals surface area contributed by atoms with Gasteiger partial charge >= 0.3 is 5.97 Å². The predicted molar refractivity (Wildman–Crippen MR) is 139 cm³/mol. The summed E-state index contributed by atoms with van der Waals surface area (Å²) < 4.78 is 12.4. The van der Waals surface area contributed by atoms with Crippen molar-refractivity contribution in [2.45, 2.75) is 0 Å². The third kappa shape index (κ3) is 5.35. The van der Waals surface area contributed by atoms with Crippen molar-refractivity contribution < 1.29 is 19.1 Å². The highest BCUT2D eigenvalue weighted by Crippen LogP contribution is 2.37. The number of hydrogen-bond donors (Lipinski definition) is 1. The highest BCUT2D eigenvalue weighted by atomic mass is 127. The molecule has 0 radical (unpaired) electrons. The number of rotatable bonds is 6. The molecule has 166 valence electrons. The monoisotopic (exact) mass is 590 g/mol. The summed E-state index contributed by atoms with van der Waals surface area (Å²) in [7, 11) is 1.58. The number of hydrogen-bond acceptors (Lipinski definition) is 6. The zero-order valence-electron chi connectivity index (χ0n) is 17.2. The molecular weight excluding hydrogens is 575 g/mol. The van der Waals surface area contributed by atoms with Gasteiger partial charge in [0, 0.05) is 13.7 Å². The van der Waals surface area contributed by atoms with Crippen LogP contribution in [0.4, 0.5) is 0 Å². The number of carbonyl (C=O) groups is 2. The van der Waals surface area contributed by atoms with Crippen LogP contribution in [0.15, 0.2) is 71.8 Å². The van der Waals surface area contributed by atoms with Crippen molar-refractivity contribution in [3.05, 3.63) is 91.3 Å². The molecule has 0 unspecified atom stereocenters. The lowest BCUT2D eigenvalue weighted by Crippen LogP contribution is -2.18. The first-order valence-electron chi connectivity index (χ1n) is 9.62. The molecule has 33 heavy (non-hydrogen) atoms. The van der Waals surface area contributed by atoms with Crippen LogP contribution >= 0.6 is 45.5 Å². The van der Waals surface area contributed by atoms with E-state index in [4.69, 9.17) is 21.1 Å². The van der Waals surface area contributed by atoms with Gasteiger partial charge in [-0.15, -0.1) is 11.3 Å². The number of fused-ring (bicyclic) bond motifs is 1. The molecule has 3 aromatic carbocycles. The molecular formula is C24H16ClIN2O4S. The largest absolute Gasteiger partial charge is 0.497 e. The van der Waals surface area contributed by atoms with Crippen LogP contribution in [0.1, 0.15) is 25.6 Å². The van der Waals surface area contributed by atoms with Crippen molar-refractivity contribution in [2.24, 2.45) is 5.10 Å². The van der Waals surface area contributed by atoms with E-state index in [2.05, 4.69) is 33.1 Å². The van der Waals surface area contributed by atoms with Crippen LogP contribution in [0, 0.1) is 3.57 Å². The summed E-state index contributed by atoms with van der Waals surface area (Å²) in [6.45, 7) is 0. The Morgan fingerprint density at radius 3 is 2.52 bits per heavy atom. The van der Waals surface area contributed by atoms with Crippen molar-refractivity contribution in [1.29, 1.82) is 0 Å². The van der Waals surface area contributed by atoms with E-state index in [1.807, 2.05) is 24.3 Å². The number of amides is 1.